The summed E-state index contributed by atoms with van der Waals surface area (Å²) in [6.07, 6.45) is 13.6. The lowest BCUT2D eigenvalue weighted by Crippen LogP contribution is -2.41. The molecule has 192 valence electrons. The van der Waals surface area contributed by atoms with Crippen LogP contribution in [0.25, 0.3) is 0 Å². The van der Waals surface area contributed by atoms with Crippen molar-refractivity contribution >= 4 is 8.32 Å². The van der Waals surface area contributed by atoms with Crippen LogP contribution in [0.5, 0.6) is 0 Å². The Hall–Kier alpha value is -0.123. The van der Waals surface area contributed by atoms with E-state index >= 15 is 0 Å². The summed E-state index contributed by atoms with van der Waals surface area (Å²) in [7, 11) is -1.64. The number of aliphatic hydroxyl groups excluding tert-OH is 1. The zero-order valence-electron chi connectivity index (χ0n) is 23.8. The lowest BCUT2D eigenvalue weighted by molar-refractivity contribution is 0.0756. The number of hydrogen-bond donors (Lipinski definition) is 1. The molecule has 1 N–H and O–H groups in total. The summed E-state index contributed by atoms with van der Waals surface area (Å²) < 4.78 is 6.50. The first kappa shape index (κ1) is 27.5. The number of allylic oxidation sites excluding steroid dienone is 1. The van der Waals surface area contributed by atoms with Crippen LogP contribution in [0, 0.1) is 34.0 Å². The summed E-state index contributed by atoms with van der Waals surface area (Å²) in [5.41, 5.74) is 2.72. The Balaban J connectivity index is 1.63. The molecule has 2 saturated carbocycles. The van der Waals surface area contributed by atoms with Crippen LogP contribution < -0.4 is 0 Å². The third kappa shape index (κ3) is 5.36. The Morgan fingerprint density at radius 1 is 1.12 bits per heavy atom. The van der Waals surface area contributed by atoms with E-state index in [1.807, 2.05) is 0 Å². The predicted molar refractivity (Wildman–Crippen MR) is 145 cm³/mol. The lowest BCUT2D eigenvalue weighted by atomic mass is 9.59. The molecule has 33 heavy (non-hydrogen) atoms. The van der Waals surface area contributed by atoms with Crippen molar-refractivity contribution < 1.29 is 9.53 Å². The van der Waals surface area contributed by atoms with Gasteiger partial charge < -0.3 is 9.53 Å². The van der Waals surface area contributed by atoms with Crippen molar-refractivity contribution in [3.05, 3.63) is 11.6 Å². The van der Waals surface area contributed by atoms with Crippen LogP contribution >= 0.6 is 0 Å². The average molecular weight is 477 g/mol. The molecular weight excluding hydrogens is 420 g/mol. The van der Waals surface area contributed by atoms with E-state index in [1.54, 1.807) is 5.57 Å². The smallest absolute Gasteiger partial charge is 0.191 e. The maximum atomic E-state index is 10.5. The highest BCUT2D eigenvalue weighted by molar-refractivity contribution is 6.74. The second-order valence-electron chi connectivity index (χ2n) is 14.7. The third-order valence-corrected chi connectivity index (χ3v) is 15.8. The Labute approximate surface area is 207 Å². The average Bonchev–Trinajstić information content (AvgIpc) is 3.30. The van der Waals surface area contributed by atoms with Crippen molar-refractivity contribution in [2.45, 2.75) is 137 Å². The standard InChI is InChI=1S/C30H56O2Si/c1-22(20-32-33(9,10)27(4,5)6)12-11-13-24(3)30-19-25-18-26(31)15-17-29(25,8)23(2)14-16-28(30,7)21-30/h19,22-24,26,31H,11-18,20-21H2,1-10H3/b25-19-/t22-,23?,24-,26+,28?,29?,30?/m1/s1. The van der Waals surface area contributed by atoms with Gasteiger partial charge in [-0.1, -0.05) is 73.5 Å². The Kier molecular flexibility index (Phi) is 7.82. The Morgan fingerprint density at radius 2 is 1.79 bits per heavy atom. The molecule has 0 amide bonds. The van der Waals surface area contributed by atoms with Gasteiger partial charge in [-0.05, 0) is 103 Å². The van der Waals surface area contributed by atoms with Gasteiger partial charge >= 0.3 is 0 Å². The zero-order valence-corrected chi connectivity index (χ0v) is 24.8. The predicted octanol–water partition coefficient (Wildman–Crippen LogP) is 8.75. The fraction of sp³-hybridized carbons (Fsp3) is 0.933. The highest BCUT2D eigenvalue weighted by atomic mass is 28.4. The van der Waals surface area contributed by atoms with Gasteiger partial charge in [0.1, 0.15) is 0 Å². The van der Waals surface area contributed by atoms with Crippen LogP contribution in [0.2, 0.25) is 18.1 Å². The number of aliphatic hydroxyl groups is 1. The van der Waals surface area contributed by atoms with Gasteiger partial charge in [0, 0.05) is 6.61 Å². The van der Waals surface area contributed by atoms with Crippen LogP contribution in [0.4, 0.5) is 0 Å². The first-order chi connectivity index (χ1) is 15.1. The summed E-state index contributed by atoms with van der Waals surface area (Å²) in [5, 5.41) is 10.8. The van der Waals surface area contributed by atoms with Crippen molar-refractivity contribution in [2.75, 3.05) is 6.61 Å². The molecule has 0 saturated heterocycles. The molecule has 0 heterocycles. The summed E-state index contributed by atoms with van der Waals surface area (Å²) >= 11 is 0. The van der Waals surface area contributed by atoms with Gasteiger partial charge in [0.2, 0.25) is 0 Å². The summed E-state index contributed by atoms with van der Waals surface area (Å²) in [6, 6.07) is 0. The van der Waals surface area contributed by atoms with Crippen molar-refractivity contribution in [3.8, 4) is 0 Å². The maximum absolute atomic E-state index is 10.5. The van der Waals surface area contributed by atoms with Crippen LogP contribution in [-0.2, 0) is 4.43 Å². The molecule has 2 nitrogen and oxygen atoms in total. The van der Waals surface area contributed by atoms with Crippen LogP contribution in [0.1, 0.15) is 113 Å². The Morgan fingerprint density at radius 3 is 2.42 bits per heavy atom. The number of hydrogen-bond acceptors (Lipinski definition) is 2. The minimum Gasteiger partial charge on any atom is -0.417 e. The van der Waals surface area contributed by atoms with Crippen molar-refractivity contribution in [1.82, 2.24) is 0 Å². The first-order valence-electron chi connectivity index (χ1n) is 14.1. The van der Waals surface area contributed by atoms with Gasteiger partial charge in [0.25, 0.3) is 0 Å². The minimum absolute atomic E-state index is 0.130. The van der Waals surface area contributed by atoms with Crippen LogP contribution in [-0.4, -0.2) is 26.1 Å². The summed E-state index contributed by atoms with van der Waals surface area (Å²) in [5.74, 6) is 2.09. The molecule has 0 aromatic carbocycles. The Bertz CT molecular complexity index is 721. The molecule has 3 heteroatoms. The van der Waals surface area contributed by atoms with E-state index in [0.717, 1.165) is 37.7 Å². The molecule has 0 radical (unpaired) electrons. The molecule has 0 bridgehead atoms. The molecule has 2 fully saturated rings. The molecule has 0 aromatic rings. The van der Waals surface area contributed by atoms with E-state index in [0.29, 0.717) is 27.2 Å². The first-order valence-corrected chi connectivity index (χ1v) is 17.0. The molecule has 3 aliphatic rings. The van der Waals surface area contributed by atoms with E-state index in [4.69, 9.17) is 4.43 Å². The van der Waals surface area contributed by atoms with E-state index in [-0.39, 0.29) is 6.10 Å². The lowest BCUT2D eigenvalue weighted by Gasteiger charge is -2.46. The largest absolute Gasteiger partial charge is 0.417 e. The summed E-state index contributed by atoms with van der Waals surface area (Å²) in [4.78, 5) is 0. The molecule has 7 atom stereocenters. The van der Waals surface area contributed by atoms with Crippen LogP contribution in [0.15, 0.2) is 11.6 Å². The second-order valence-corrected chi connectivity index (χ2v) is 19.5. The molecule has 0 aliphatic heterocycles. The highest BCUT2D eigenvalue weighted by Gasteiger charge is 2.65. The molecule has 3 rings (SSSR count). The summed E-state index contributed by atoms with van der Waals surface area (Å²) in [6.45, 7) is 25.1. The maximum Gasteiger partial charge on any atom is 0.191 e. The second kappa shape index (κ2) is 9.39. The molecule has 0 spiro atoms. The van der Waals surface area contributed by atoms with Gasteiger partial charge in [-0.3, -0.25) is 0 Å². The van der Waals surface area contributed by atoms with Gasteiger partial charge in [0.15, 0.2) is 8.32 Å². The highest BCUT2D eigenvalue weighted by Crippen LogP contribution is 2.74. The minimum atomic E-state index is -1.64. The van der Waals surface area contributed by atoms with Gasteiger partial charge in [0.05, 0.1) is 6.10 Å². The van der Waals surface area contributed by atoms with Crippen molar-refractivity contribution in [3.63, 3.8) is 0 Å². The van der Waals surface area contributed by atoms with E-state index in [1.165, 1.54) is 38.5 Å². The molecule has 4 unspecified atom stereocenters. The molecule has 0 aromatic heterocycles. The van der Waals surface area contributed by atoms with Gasteiger partial charge in [-0.2, -0.15) is 0 Å². The van der Waals surface area contributed by atoms with Crippen molar-refractivity contribution in [2.24, 2.45) is 34.0 Å². The van der Waals surface area contributed by atoms with E-state index in [9.17, 15) is 5.11 Å². The quantitative estimate of drug-likeness (QED) is 0.280. The molecule has 3 aliphatic carbocycles. The van der Waals surface area contributed by atoms with E-state index in [2.05, 4.69) is 74.6 Å². The van der Waals surface area contributed by atoms with Crippen molar-refractivity contribution in [1.29, 1.82) is 0 Å². The normalized spacial score (nSPS) is 40.5. The number of rotatable bonds is 8. The third-order valence-electron chi connectivity index (χ3n) is 11.3. The van der Waals surface area contributed by atoms with Gasteiger partial charge in [-0.25, -0.2) is 0 Å². The fourth-order valence-corrected chi connectivity index (χ4v) is 8.04. The van der Waals surface area contributed by atoms with Crippen LogP contribution in [0.3, 0.4) is 0 Å². The SMILES string of the molecule is CC1CCC2(C)CC2([C@H](C)CCC[C@@H](C)CO[Si](C)(C)C(C)(C)C)/C=C2/C[C@@H](O)CCC21C. The molecular formula is C30H56O2Si. The topological polar surface area (TPSA) is 29.5 Å². The number of fused-ring (bicyclic) bond motifs is 2. The fourth-order valence-electron chi connectivity index (χ4n) is 6.91. The van der Waals surface area contributed by atoms with Gasteiger partial charge in [-0.15, -0.1) is 0 Å². The zero-order chi connectivity index (χ0) is 24.9. The monoisotopic (exact) mass is 476 g/mol. The van der Waals surface area contributed by atoms with E-state index < -0.39 is 8.32 Å².